The van der Waals surface area contributed by atoms with E-state index in [2.05, 4.69) is 0 Å². The topological polar surface area (TPSA) is 0 Å². The van der Waals surface area contributed by atoms with Crippen LogP contribution in [0, 0.1) is 18.6 Å². The number of hydrogen-bond acceptors (Lipinski definition) is 0. The molecule has 2 aromatic rings. The SMILES string of the molecule is Cc1ccc(Cl)cc1C(Cl)Cc1ccc(F)c(F)c1. The average molecular weight is 301 g/mol. The van der Waals surface area contributed by atoms with E-state index in [1.54, 1.807) is 12.1 Å². The van der Waals surface area contributed by atoms with Crippen molar-refractivity contribution in [2.75, 3.05) is 0 Å². The molecule has 0 aromatic heterocycles. The third-order valence-corrected chi connectivity index (χ3v) is 3.60. The molecule has 100 valence electrons. The molecule has 0 aliphatic heterocycles. The molecule has 0 aliphatic rings. The summed E-state index contributed by atoms with van der Waals surface area (Å²) in [6, 6.07) is 9.30. The van der Waals surface area contributed by atoms with E-state index in [-0.39, 0.29) is 5.38 Å². The Labute approximate surface area is 121 Å². The monoisotopic (exact) mass is 300 g/mol. The van der Waals surface area contributed by atoms with Gasteiger partial charge in [-0.15, -0.1) is 11.6 Å². The van der Waals surface area contributed by atoms with Crippen LogP contribution in [0.1, 0.15) is 22.1 Å². The van der Waals surface area contributed by atoms with Crippen molar-refractivity contribution in [1.82, 2.24) is 0 Å². The summed E-state index contributed by atoms with van der Waals surface area (Å²) in [7, 11) is 0. The Kier molecular flexibility index (Phi) is 4.43. The number of aryl methyl sites for hydroxylation is 1. The van der Waals surface area contributed by atoms with E-state index in [1.165, 1.54) is 12.1 Å². The van der Waals surface area contributed by atoms with Gasteiger partial charge < -0.3 is 0 Å². The van der Waals surface area contributed by atoms with Crippen molar-refractivity contribution in [3.8, 4) is 0 Å². The van der Waals surface area contributed by atoms with Crippen molar-refractivity contribution in [3.63, 3.8) is 0 Å². The standard InChI is InChI=1S/C15H12Cl2F2/c1-9-2-4-11(16)8-12(9)13(17)6-10-3-5-14(18)15(19)7-10/h2-5,7-8,13H,6H2,1H3. The summed E-state index contributed by atoms with van der Waals surface area (Å²) in [5, 5.41) is 0.278. The Bertz CT molecular complexity index is 597. The lowest BCUT2D eigenvalue weighted by molar-refractivity contribution is 0.507. The van der Waals surface area contributed by atoms with Crippen molar-refractivity contribution < 1.29 is 8.78 Å². The third kappa shape index (κ3) is 3.46. The fraction of sp³-hybridized carbons (Fsp3) is 0.200. The molecule has 2 aromatic carbocycles. The van der Waals surface area contributed by atoms with Crippen molar-refractivity contribution >= 4 is 23.2 Å². The Morgan fingerprint density at radius 2 is 1.79 bits per heavy atom. The second kappa shape index (κ2) is 5.89. The molecule has 0 radical (unpaired) electrons. The highest BCUT2D eigenvalue weighted by molar-refractivity contribution is 6.30. The molecular formula is C15H12Cl2F2. The highest BCUT2D eigenvalue weighted by atomic mass is 35.5. The van der Waals surface area contributed by atoms with Crippen molar-refractivity contribution in [2.45, 2.75) is 18.7 Å². The minimum Gasteiger partial charge on any atom is -0.204 e. The van der Waals surface area contributed by atoms with Crippen LogP contribution in [0.3, 0.4) is 0 Å². The Balaban J connectivity index is 2.22. The van der Waals surface area contributed by atoms with Crippen LogP contribution >= 0.6 is 23.2 Å². The fourth-order valence-electron chi connectivity index (χ4n) is 1.93. The summed E-state index contributed by atoms with van der Waals surface area (Å²) in [5.41, 5.74) is 2.57. The van der Waals surface area contributed by atoms with E-state index in [1.807, 2.05) is 13.0 Å². The van der Waals surface area contributed by atoms with E-state index in [4.69, 9.17) is 23.2 Å². The van der Waals surface area contributed by atoms with Crippen LogP contribution in [0.4, 0.5) is 8.78 Å². The maximum Gasteiger partial charge on any atom is 0.159 e. The molecule has 0 spiro atoms. The quantitative estimate of drug-likeness (QED) is 0.661. The van der Waals surface area contributed by atoms with E-state index < -0.39 is 11.6 Å². The number of halogens is 4. The molecule has 1 unspecified atom stereocenters. The van der Waals surface area contributed by atoms with Crippen molar-refractivity contribution in [1.29, 1.82) is 0 Å². The van der Waals surface area contributed by atoms with Crippen LogP contribution in [-0.2, 0) is 6.42 Å². The van der Waals surface area contributed by atoms with Gasteiger partial charge in [0.1, 0.15) is 0 Å². The molecule has 1 atom stereocenters. The molecule has 0 fully saturated rings. The van der Waals surface area contributed by atoms with Gasteiger partial charge in [0.15, 0.2) is 11.6 Å². The first-order valence-corrected chi connectivity index (χ1v) is 6.63. The number of hydrogen-bond donors (Lipinski definition) is 0. The van der Waals surface area contributed by atoms with Crippen LogP contribution in [0.25, 0.3) is 0 Å². The lowest BCUT2D eigenvalue weighted by Crippen LogP contribution is -1.99. The summed E-state index contributed by atoms with van der Waals surface area (Å²) in [5.74, 6) is -1.71. The molecule has 0 amide bonds. The normalized spacial score (nSPS) is 12.5. The molecule has 0 saturated carbocycles. The molecule has 0 bridgehead atoms. The minimum absolute atomic E-state index is 0.330. The molecule has 19 heavy (non-hydrogen) atoms. The minimum atomic E-state index is -0.857. The fourth-order valence-corrected chi connectivity index (χ4v) is 2.53. The van der Waals surface area contributed by atoms with Crippen molar-refractivity contribution in [3.05, 3.63) is 69.7 Å². The second-order valence-electron chi connectivity index (χ2n) is 4.42. The molecule has 0 nitrogen and oxygen atoms in total. The summed E-state index contributed by atoms with van der Waals surface area (Å²) in [6.45, 7) is 1.94. The zero-order valence-electron chi connectivity index (χ0n) is 10.3. The van der Waals surface area contributed by atoms with Crippen molar-refractivity contribution in [2.24, 2.45) is 0 Å². The lowest BCUT2D eigenvalue weighted by atomic mass is 10.00. The molecule has 0 heterocycles. The summed E-state index contributed by atoms with van der Waals surface area (Å²) >= 11 is 12.3. The van der Waals surface area contributed by atoms with Gasteiger partial charge in [0.05, 0.1) is 5.38 Å². The highest BCUT2D eigenvalue weighted by Crippen LogP contribution is 2.30. The highest BCUT2D eigenvalue weighted by Gasteiger charge is 2.13. The van der Waals surface area contributed by atoms with Crippen LogP contribution in [0.2, 0.25) is 5.02 Å². The van der Waals surface area contributed by atoms with Gasteiger partial charge in [-0.2, -0.15) is 0 Å². The molecule has 0 aliphatic carbocycles. The van der Waals surface area contributed by atoms with Crippen LogP contribution in [-0.4, -0.2) is 0 Å². The molecular weight excluding hydrogens is 289 g/mol. The zero-order chi connectivity index (χ0) is 14.0. The van der Waals surface area contributed by atoms with Gasteiger partial charge in [0, 0.05) is 5.02 Å². The Hall–Kier alpha value is -1.12. The molecule has 0 N–H and O–H groups in total. The summed E-state index contributed by atoms with van der Waals surface area (Å²) in [6.07, 6.45) is 0.417. The predicted octanol–water partition coefficient (Wildman–Crippen LogP) is 5.45. The first-order valence-electron chi connectivity index (χ1n) is 5.81. The number of alkyl halides is 1. The van der Waals surface area contributed by atoms with E-state index in [0.717, 1.165) is 17.2 Å². The predicted molar refractivity (Wildman–Crippen MR) is 74.8 cm³/mol. The van der Waals surface area contributed by atoms with Gasteiger partial charge in [-0.1, -0.05) is 23.7 Å². The smallest absolute Gasteiger partial charge is 0.159 e. The van der Waals surface area contributed by atoms with Gasteiger partial charge in [0.2, 0.25) is 0 Å². The molecule has 2 rings (SSSR count). The second-order valence-corrected chi connectivity index (χ2v) is 5.38. The lowest BCUT2D eigenvalue weighted by Gasteiger charge is -2.13. The van der Waals surface area contributed by atoms with E-state index >= 15 is 0 Å². The maximum absolute atomic E-state index is 13.1. The van der Waals surface area contributed by atoms with Gasteiger partial charge in [-0.05, 0) is 54.3 Å². The number of rotatable bonds is 3. The van der Waals surface area contributed by atoms with Gasteiger partial charge in [-0.3, -0.25) is 0 Å². The molecule has 0 saturated heterocycles. The Morgan fingerprint density at radius 3 is 2.47 bits per heavy atom. The van der Waals surface area contributed by atoms with Gasteiger partial charge in [0.25, 0.3) is 0 Å². The zero-order valence-corrected chi connectivity index (χ0v) is 11.8. The first kappa shape index (κ1) is 14.3. The largest absolute Gasteiger partial charge is 0.204 e. The van der Waals surface area contributed by atoms with Crippen LogP contribution in [0.15, 0.2) is 36.4 Å². The average Bonchev–Trinajstić information content (AvgIpc) is 2.36. The van der Waals surface area contributed by atoms with Gasteiger partial charge >= 0.3 is 0 Å². The third-order valence-electron chi connectivity index (χ3n) is 2.98. The number of benzene rings is 2. The van der Waals surface area contributed by atoms with Crippen LogP contribution in [0.5, 0.6) is 0 Å². The summed E-state index contributed by atoms with van der Waals surface area (Å²) in [4.78, 5) is 0. The Morgan fingerprint density at radius 1 is 1.05 bits per heavy atom. The van der Waals surface area contributed by atoms with Crippen LogP contribution < -0.4 is 0 Å². The van der Waals surface area contributed by atoms with E-state index in [0.29, 0.717) is 17.0 Å². The first-order chi connectivity index (χ1) is 8.97. The molecule has 4 heteroatoms. The summed E-state index contributed by atoms with van der Waals surface area (Å²) < 4.78 is 26.0. The maximum atomic E-state index is 13.1. The van der Waals surface area contributed by atoms with Gasteiger partial charge in [-0.25, -0.2) is 8.78 Å². The van der Waals surface area contributed by atoms with E-state index in [9.17, 15) is 8.78 Å².